The van der Waals surface area contributed by atoms with Gasteiger partial charge in [0.2, 0.25) is 0 Å². The molecule has 0 spiro atoms. The molecule has 0 fully saturated rings. The summed E-state index contributed by atoms with van der Waals surface area (Å²) in [6, 6.07) is 16.5. The van der Waals surface area contributed by atoms with Crippen LogP contribution in [0.5, 0.6) is 5.75 Å². The zero-order valence-corrected chi connectivity index (χ0v) is 15.2. The van der Waals surface area contributed by atoms with Crippen molar-refractivity contribution in [1.82, 2.24) is 14.4 Å². The summed E-state index contributed by atoms with van der Waals surface area (Å²) < 4.78 is 13.0. The molecule has 136 valence electrons. The van der Waals surface area contributed by atoms with Gasteiger partial charge in [0.1, 0.15) is 12.4 Å². The largest absolute Gasteiger partial charge is 0.489 e. The molecule has 0 atom stereocenters. The molecule has 0 aliphatic heterocycles. The van der Waals surface area contributed by atoms with Gasteiger partial charge >= 0.3 is 0 Å². The second-order valence-corrected chi connectivity index (χ2v) is 6.32. The summed E-state index contributed by atoms with van der Waals surface area (Å²) >= 11 is 0. The fraction of sp³-hybridized carbons (Fsp3) is 0.182. The number of benzene rings is 2. The molecular weight excluding hydrogens is 338 g/mol. The number of aromatic nitrogens is 3. The molecule has 5 heteroatoms. The van der Waals surface area contributed by atoms with Crippen molar-refractivity contribution in [2.75, 3.05) is 13.7 Å². The van der Waals surface area contributed by atoms with Gasteiger partial charge in [0, 0.05) is 25.1 Å². The Hall–Kier alpha value is -3.18. The number of ether oxygens (including phenoxy) is 2. The summed E-state index contributed by atoms with van der Waals surface area (Å²) in [5, 5.41) is 0. The Labute approximate surface area is 158 Å². The molecule has 0 saturated heterocycles. The van der Waals surface area contributed by atoms with Gasteiger partial charge < -0.3 is 9.47 Å². The van der Waals surface area contributed by atoms with Crippen molar-refractivity contribution >= 4 is 5.65 Å². The number of nitrogens with zero attached hydrogens (tertiary/aromatic N) is 3. The molecule has 4 rings (SSSR count). The molecule has 0 saturated carbocycles. The Morgan fingerprint density at radius 2 is 1.70 bits per heavy atom. The second-order valence-electron chi connectivity index (χ2n) is 6.32. The van der Waals surface area contributed by atoms with Crippen molar-refractivity contribution in [2.45, 2.75) is 13.0 Å². The highest BCUT2D eigenvalue weighted by molar-refractivity contribution is 5.63. The summed E-state index contributed by atoms with van der Waals surface area (Å²) in [6.45, 7) is 1.27. The van der Waals surface area contributed by atoms with E-state index in [9.17, 15) is 0 Å². The van der Waals surface area contributed by atoms with Crippen LogP contribution in [0.25, 0.3) is 16.9 Å². The van der Waals surface area contributed by atoms with Crippen molar-refractivity contribution in [3.05, 3.63) is 84.4 Å². The Morgan fingerprint density at radius 3 is 2.48 bits per heavy atom. The van der Waals surface area contributed by atoms with Crippen LogP contribution in [0.2, 0.25) is 0 Å². The summed E-state index contributed by atoms with van der Waals surface area (Å²) in [4.78, 5) is 8.49. The van der Waals surface area contributed by atoms with Crippen LogP contribution < -0.4 is 4.74 Å². The topological polar surface area (TPSA) is 48.7 Å². The Bertz CT molecular complexity index is 1010. The predicted molar refractivity (Wildman–Crippen MR) is 105 cm³/mol. The maximum Gasteiger partial charge on any atom is 0.155 e. The number of fused-ring (bicyclic) bond motifs is 1. The minimum Gasteiger partial charge on any atom is -0.489 e. The maximum atomic E-state index is 5.90. The third-order valence-corrected chi connectivity index (χ3v) is 4.49. The lowest BCUT2D eigenvalue weighted by molar-refractivity contribution is 0.202. The predicted octanol–water partition coefficient (Wildman–Crippen LogP) is 4.16. The molecule has 2 heterocycles. The van der Waals surface area contributed by atoms with Crippen LogP contribution in [0.4, 0.5) is 0 Å². The standard InChI is InChI=1S/C22H21N3O2/c1-26-13-10-17-4-8-20(9-5-17)27-16-18-2-6-19(7-3-18)21-14-24-22-15-23-11-12-25(21)22/h2-9,11-12,14-15H,10,13,16H2,1H3. The van der Waals surface area contributed by atoms with Gasteiger partial charge in [0.05, 0.1) is 24.7 Å². The first-order valence-corrected chi connectivity index (χ1v) is 8.90. The first-order valence-electron chi connectivity index (χ1n) is 8.90. The SMILES string of the molecule is COCCc1ccc(OCc2ccc(-c3cnc4cnccn34)cc2)cc1. The van der Waals surface area contributed by atoms with Crippen LogP contribution in [0, 0.1) is 0 Å². The van der Waals surface area contributed by atoms with E-state index in [-0.39, 0.29) is 0 Å². The summed E-state index contributed by atoms with van der Waals surface area (Å²) in [7, 11) is 1.72. The number of imidazole rings is 1. The van der Waals surface area contributed by atoms with Crippen LogP contribution in [0.15, 0.2) is 73.3 Å². The molecule has 2 aromatic carbocycles. The maximum absolute atomic E-state index is 5.90. The van der Waals surface area contributed by atoms with E-state index in [0.717, 1.165) is 41.2 Å². The Morgan fingerprint density at radius 1 is 0.926 bits per heavy atom. The van der Waals surface area contributed by atoms with Crippen molar-refractivity contribution in [3.8, 4) is 17.0 Å². The van der Waals surface area contributed by atoms with Gasteiger partial charge in [0.15, 0.2) is 5.65 Å². The first-order chi connectivity index (χ1) is 13.3. The second kappa shape index (κ2) is 8.01. The van der Waals surface area contributed by atoms with Gasteiger partial charge in [0.25, 0.3) is 0 Å². The highest BCUT2D eigenvalue weighted by Crippen LogP contribution is 2.21. The lowest BCUT2D eigenvalue weighted by Crippen LogP contribution is -1.97. The lowest BCUT2D eigenvalue weighted by atomic mass is 10.1. The van der Waals surface area contributed by atoms with E-state index in [1.807, 2.05) is 28.9 Å². The molecular formula is C22H21N3O2. The van der Waals surface area contributed by atoms with E-state index in [4.69, 9.17) is 9.47 Å². The molecule has 0 unspecified atom stereocenters. The van der Waals surface area contributed by atoms with Crippen molar-refractivity contribution in [2.24, 2.45) is 0 Å². The fourth-order valence-electron chi connectivity index (χ4n) is 2.97. The van der Waals surface area contributed by atoms with E-state index in [0.29, 0.717) is 6.61 Å². The van der Waals surface area contributed by atoms with Crippen LogP contribution in [0.3, 0.4) is 0 Å². The molecule has 0 N–H and O–H groups in total. The molecule has 0 bridgehead atoms. The number of rotatable bonds is 7. The average molecular weight is 359 g/mol. The normalized spacial score (nSPS) is 11.0. The Kier molecular flexibility index (Phi) is 5.12. The van der Waals surface area contributed by atoms with Gasteiger partial charge in [-0.2, -0.15) is 0 Å². The smallest absolute Gasteiger partial charge is 0.155 e. The van der Waals surface area contributed by atoms with Gasteiger partial charge in [-0.05, 0) is 29.7 Å². The van der Waals surface area contributed by atoms with Crippen LogP contribution in [-0.2, 0) is 17.8 Å². The minimum absolute atomic E-state index is 0.536. The molecule has 5 nitrogen and oxygen atoms in total. The van der Waals surface area contributed by atoms with Crippen molar-refractivity contribution in [1.29, 1.82) is 0 Å². The molecule has 27 heavy (non-hydrogen) atoms. The third kappa shape index (κ3) is 3.99. The molecule has 0 aliphatic carbocycles. The zero-order chi connectivity index (χ0) is 18.5. The van der Waals surface area contributed by atoms with Crippen molar-refractivity contribution < 1.29 is 9.47 Å². The number of hydrogen-bond donors (Lipinski definition) is 0. The highest BCUT2D eigenvalue weighted by Gasteiger charge is 2.06. The number of hydrogen-bond acceptors (Lipinski definition) is 4. The van der Waals surface area contributed by atoms with Gasteiger partial charge in [-0.15, -0.1) is 0 Å². The minimum atomic E-state index is 0.536. The monoisotopic (exact) mass is 359 g/mol. The highest BCUT2D eigenvalue weighted by atomic mass is 16.5. The van der Waals surface area contributed by atoms with E-state index >= 15 is 0 Å². The van der Waals surface area contributed by atoms with Crippen molar-refractivity contribution in [3.63, 3.8) is 0 Å². The van der Waals surface area contributed by atoms with Crippen LogP contribution in [-0.4, -0.2) is 28.1 Å². The average Bonchev–Trinajstić information content (AvgIpc) is 3.16. The molecule has 4 aromatic rings. The quantitative estimate of drug-likeness (QED) is 0.497. The summed E-state index contributed by atoms with van der Waals surface area (Å²) in [6.07, 6.45) is 8.23. The lowest BCUT2D eigenvalue weighted by Gasteiger charge is -2.08. The molecule has 2 aromatic heterocycles. The van der Waals surface area contributed by atoms with E-state index in [2.05, 4.69) is 46.4 Å². The van der Waals surface area contributed by atoms with Gasteiger partial charge in [-0.25, -0.2) is 4.98 Å². The van der Waals surface area contributed by atoms with Gasteiger partial charge in [-0.3, -0.25) is 9.38 Å². The summed E-state index contributed by atoms with van der Waals surface area (Å²) in [5.41, 5.74) is 5.37. The van der Waals surface area contributed by atoms with E-state index in [1.54, 1.807) is 19.5 Å². The van der Waals surface area contributed by atoms with Gasteiger partial charge in [-0.1, -0.05) is 36.4 Å². The third-order valence-electron chi connectivity index (χ3n) is 4.49. The molecule has 0 aliphatic rings. The van der Waals surface area contributed by atoms with E-state index < -0.39 is 0 Å². The number of methoxy groups -OCH3 is 1. The van der Waals surface area contributed by atoms with Crippen LogP contribution >= 0.6 is 0 Å². The van der Waals surface area contributed by atoms with Crippen LogP contribution in [0.1, 0.15) is 11.1 Å². The summed E-state index contributed by atoms with van der Waals surface area (Å²) in [5.74, 6) is 0.870. The first kappa shape index (κ1) is 17.2. The Balaban J connectivity index is 1.41. The molecule has 0 amide bonds. The zero-order valence-electron chi connectivity index (χ0n) is 15.2. The molecule has 0 radical (unpaired) electrons. The fourth-order valence-corrected chi connectivity index (χ4v) is 2.97. The van der Waals surface area contributed by atoms with E-state index in [1.165, 1.54) is 5.56 Å².